The SMILES string of the molecule is COc1ccc2c(C)c(CCC(=O)OCC(=O)c3ccc(SC)cc3)c(=O)oc2c1. The molecular formula is C23H22O6S. The zero-order valence-electron chi connectivity index (χ0n) is 17.0. The minimum absolute atomic E-state index is 0.0219. The van der Waals surface area contributed by atoms with Gasteiger partial charge in [0.2, 0.25) is 0 Å². The number of methoxy groups -OCH3 is 1. The fraction of sp³-hybridized carbons (Fsp3) is 0.261. The number of benzene rings is 2. The summed E-state index contributed by atoms with van der Waals surface area (Å²) in [4.78, 5) is 37.7. The van der Waals surface area contributed by atoms with Gasteiger partial charge in [-0.3, -0.25) is 9.59 Å². The van der Waals surface area contributed by atoms with Gasteiger partial charge in [-0.15, -0.1) is 11.8 Å². The lowest BCUT2D eigenvalue weighted by Gasteiger charge is -2.09. The Morgan fingerprint density at radius 1 is 1.10 bits per heavy atom. The van der Waals surface area contributed by atoms with Crippen LogP contribution in [-0.4, -0.2) is 31.7 Å². The molecule has 30 heavy (non-hydrogen) atoms. The number of ketones is 1. The average Bonchev–Trinajstić information content (AvgIpc) is 2.76. The van der Waals surface area contributed by atoms with E-state index in [0.29, 0.717) is 22.5 Å². The Balaban J connectivity index is 1.62. The lowest BCUT2D eigenvalue weighted by atomic mass is 10.0. The molecule has 3 rings (SSSR count). The van der Waals surface area contributed by atoms with Gasteiger partial charge in [0.05, 0.1) is 7.11 Å². The van der Waals surface area contributed by atoms with Crippen molar-refractivity contribution in [2.24, 2.45) is 0 Å². The molecule has 0 unspecified atom stereocenters. The van der Waals surface area contributed by atoms with Gasteiger partial charge in [0.15, 0.2) is 12.4 Å². The van der Waals surface area contributed by atoms with Gasteiger partial charge in [0.25, 0.3) is 0 Å². The summed E-state index contributed by atoms with van der Waals surface area (Å²) in [5.74, 6) is -0.224. The fourth-order valence-corrected chi connectivity index (χ4v) is 3.50. The first-order valence-electron chi connectivity index (χ1n) is 9.36. The van der Waals surface area contributed by atoms with Crippen LogP contribution in [0.25, 0.3) is 11.0 Å². The average molecular weight is 426 g/mol. The highest BCUT2D eigenvalue weighted by Crippen LogP contribution is 2.24. The van der Waals surface area contributed by atoms with Gasteiger partial charge < -0.3 is 13.9 Å². The lowest BCUT2D eigenvalue weighted by molar-refractivity contribution is -0.142. The number of carbonyl (C=O) groups is 2. The molecule has 0 fully saturated rings. The van der Waals surface area contributed by atoms with Crippen molar-refractivity contribution in [3.05, 3.63) is 69.6 Å². The third kappa shape index (κ3) is 4.91. The minimum Gasteiger partial charge on any atom is -0.497 e. The van der Waals surface area contributed by atoms with Crippen LogP contribution in [0.3, 0.4) is 0 Å². The first-order chi connectivity index (χ1) is 14.4. The Kier molecular flexibility index (Phi) is 6.95. The number of rotatable bonds is 8. The molecule has 0 amide bonds. The van der Waals surface area contributed by atoms with Crippen molar-refractivity contribution in [1.29, 1.82) is 0 Å². The molecule has 0 saturated carbocycles. The summed E-state index contributed by atoms with van der Waals surface area (Å²) in [6.07, 6.45) is 2.10. The first kappa shape index (κ1) is 21.6. The predicted octanol–water partition coefficient (Wildman–Crippen LogP) is 4.19. The van der Waals surface area contributed by atoms with Crippen molar-refractivity contribution in [1.82, 2.24) is 0 Å². The van der Waals surface area contributed by atoms with Crippen molar-refractivity contribution in [3.63, 3.8) is 0 Å². The quantitative estimate of drug-likeness (QED) is 0.231. The molecule has 0 radical (unpaired) electrons. The molecule has 3 aromatic rings. The number of hydrogen-bond acceptors (Lipinski definition) is 7. The van der Waals surface area contributed by atoms with E-state index in [-0.39, 0.29) is 25.2 Å². The van der Waals surface area contributed by atoms with Crippen LogP contribution in [0.15, 0.2) is 56.6 Å². The monoisotopic (exact) mass is 426 g/mol. The molecule has 0 saturated heterocycles. The van der Waals surface area contributed by atoms with E-state index in [1.54, 1.807) is 36.0 Å². The number of thioether (sulfide) groups is 1. The van der Waals surface area contributed by atoms with E-state index < -0.39 is 11.6 Å². The van der Waals surface area contributed by atoms with Crippen LogP contribution >= 0.6 is 11.8 Å². The Morgan fingerprint density at radius 3 is 2.50 bits per heavy atom. The van der Waals surface area contributed by atoms with Gasteiger partial charge in [0.1, 0.15) is 11.3 Å². The molecule has 0 aliphatic heterocycles. The summed E-state index contributed by atoms with van der Waals surface area (Å²) >= 11 is 1.58. The second kappa shape index (κ2) is 9.63. The van der Waals surface area contributed by atoms with Crippen LogP contribution in [0.4, 0.5) is 0 Å². The molecule has 156 valence electrons. The number of aryl methyl sites for hydroxylation is 1. The molecule has 0 aliphatic carbocycles. The molecule has 1 aromatic heterocycles. The standard InChI is InChI=1S/C23H22O6S/c1-14-18-9-6-16(27-2)12-21(18)29-23(26)19(14)10-11-22(25)28-13-20(24)15-4-7-17(30-3)8-5-15/h4-9,12H,10-11,13H2,1-3H3. The van der Waals surface area contributed by atoms with Crippen LogP contribution in [0.1, 0.15) is 27.9 Å². The van der Waals surface area contributed by atoms with Crippen molar-refractivity contribution in [2.45, 2.75) is 24.7 Å². The smallest absolute Gasteiger partial charge is 0.339 e. The Hall–Kier alpha value is -3.06. The van der Waals surface area contributed by atoms with Gasteiger partial charge in [-0.1, -0.05) is 12.1 Å². The van der Waals surface area contributed by atoms with Crippen molar-refractivity contribution in [2.75, 3.05) is 20.0 Å². The Morgan fingerprint density at radius 2 is 1.83 bits per heavy atom. The van der Waals surface area contributed by atoms with E-state index in [9.17, 15) is 14.4 Å². The number of hydrogen-bond donors (Lipinski definition) is 0. The summed E-state index contributed by atoms with van der Waals surface area (Å²) in [6.45, 7) is 1.48. The number of carbonyl (C=O) groups excluding carboxylic acids is 2. The molecule has 2 aromatic carbocycles. The van der Waals surface area contributed by atoms with Crippen LogP contribution in [0, 0.1) is 6.92 Å². The van der Waals surface area contributed by atoms with E-state index in [2.05, 4.69) is 0 Å². The van der Waals surface area contributed by atoms with E-state index in [1.165, 1.54) is 7.11 Å². The Bertz CT molecular complexity index is 1130. The topological polar surface area (TPSA) is 82.8 Å². The maximum absolute atomic E-state index is 12.4. The van der Waals surface area contributed by atoms with Crippen molar-refractivity contribution >= 4 is 34.5 Å². The molecule has 0 bridgehead atoms. The van der Waals surface area contributed by atoms with Crippen molar-refractivity contribution < 1.29 is 23.5 Å². The lowest BCUT2D eigenvalue weighted by Crippen LogP contribution is -2.17. The first-order valence-corrected chi connectivity index (χ1v) is 10.6. The number of Topliss-reactive ketones (excluding diaryl/α,β-unsaturated/α-hetero) is 1. The zero-order chi connectivity index (χ0) is 21.7. The highest BCUT2D eigenvalue weighted by molar-refractivity contribution is 7.98. The second-order valence-electron chi connectivity index (χ2n) is 6.67. The van der Waals surface area contributed by atoms with Crippen LogP contribution in [0.5, 0.6) is 5.75 Å². The molecule has 0 N–H and O–H groups in total. The summed E-state index contributed by atoms with van der Waals surface area (Å²) in [6, 6.07) is 12.4. The third-order valence-corrected chi connectivity index (χ3v) is 5.59. The van der Waals surface area contributed by atoms with Gasteiger partial charge in [-0.05, 0) is 49.4 Å². The minimum atomic E-state index is -0.544. The number of fused-ring (bicyclic) bond motifs is 1. The summed E-state index contributed by atoms with van der Waals surface area (Å²) in [7, 11) is 1.54. The Labute approximate surface area is 178 Å². The number of esters is 1. The number of ether oxygens (including phenoxy) is 2. The molecular weight excluding hydrogens is 404 g/mol. The van der Waals surface area contributed by atoms with Gasteiger partial charge >= 0.3 is 11.6 Å². The fourth-order valence-electron chi connectivity index (χ4n) is 3.10. The van der Waals surface area contributed by atoms with Gasteiger partial charge in [-0.25, -0.2) is 4.79 Å². The molecule has 1 heterocycles. The molecule has 6 nitrogen and oxygen atoms in total. The molecule has 7 heteroatoms. The van der Waals surface area contributed by atoms with Crippen LogP contribution in [-0.2, 0) is 16.0 Å². The normalized spacial score (nSPS) is 10.8. The van der Waals surface area contributed by atoms with Crippen LogP contribution < -0.4 is 10.4 Å². The van der Waals surface area contributed by atoms with E-state index in [4.69, 9.17) is 13.9 Å². The maximum atomic E-state index is 12.4. The highest BCUT2D eigenvalue weighted by Gasteiger charge is 2.15. The summed E-state index contributed by atoms with van der Waals surface area (Å²) in [5, 5.41) is 0.780. The largest absolute Gasteiger partial charge is 0.497 e. The van der Waals surface area contributed by atoms with E-state index in [0.717, 1.165) is 15.8 Å². The third-order valence-electron chi connectivity index (χ3n) is 4.85. The van der Waals surface area contributed by atoms with Crippen LogP contribution in [0.2, 0.25) is 0 Å². The second-order valence-corrected chi connectivity index (χ2v) is 7.55. The molecule has 0 atom stereocenters. The van der Waals surface area contributed by atoms with Gasteiger partial charge in [-0.2, -0.15) is 0 Å². The summed E-state index contributed by atoms with van der Waals surface area (Å²) in [5.41, 5.74) is 1.60. The predicted molar refractivity (Wildman–Crippen MR) is 116 cm³/mol. The van der Waals surface area contributed by atoms with E-state index in [1.807, 2.05) is 31.4 Å². The maximum Gasteiger partial charge on any atom is 0.339 e. The van der Waals surface area contributed by atoms with Gasteiger partial charge in [0, 0.05) is 33.9 Å². The highest BCUT2D eigenvalue weighted by atomic mass is 32.2. The molecule has 0 aliphatic rings. The van der Waals surface area contributed by atoms with E-state index >= 15 is 0 Å². The zero-order valence-corrected chi connectivity index (χ0v) is 17.8. The van der Waals surface area contributed by atoms with Crippen molar-refractivity contribution in [3.8, 4) is 5.75 Å². The molecule has 0 spiro atoms. The summed E-state index contributed by atoms with van der Waals surface area (Å²) < 4.78 is 15.6.